The first-order chi connectivity index (χ1) is 19.5. The maximum atomic E-state index is 13.8. The average molecular weight is 585 g/mol. The molecule has 2 N–H and O–H groups in total. The van der Waals surface area contributed by atoms with Gasteiger partial charge < -0.3 is 10.5 Å². The summed E-state index contributed by atoms with van der Waals surface area (Å²) in [6.07, 6.45) is 1.18. The van der Waals surface area contributed by atoms with Gasteiger partial charge in [-0.1, -0.05) is 84.6 Å². The van der Waals surface area contributed by atoms with Crippen molar-refractivity contribution in [3.8, 4) is 0 Å². The first-order valence-corrected chi connectivity index (χ1v) is 15.4. The number of rotatable bonds is 7. The van der Waals surface area contributed by atoms with Crippen molar-refractivity contribution in [2.24, 2.45) is 5.73 Å². The Hall–Kier alpha value is -3.63. The number of fused-ring (bicyclic) bond motifs is 2. The van der Waals surface area contributed by atoms with Crippen LogP contribution in [-0.4, -0.2) is 33.9 Å². The predicted molar refractivity (Wildman–Crippen MR) is 162 cm³/mol. The Kier molecular flexibility index (Phi) is 7.62. The van der Waals surface area contributed by atoms with Crippen molar-refractivity contribution in [2.45, 2.75) is 21.7 Å². The zero-order valence-corrected chi connectivity index (χ0v) is 23.6. The summed E-state index contributed by atoms with van der Waals surface area (Å²) < 4.78 is 7.89. The molecule has 6 nitrogen and oxygen atoms in total. The van der Waals surface area contributed by atoms with E-state index in [1.165, 1.54) is 39.8 Å². The van der Waals surface area contributed by atoms with Gasteiger partial charge in [0.2, 0.25) is 5.91 Å². The fourth-order valence-corrected chi connectivity index (χ4v) is 7.97. The lowest BCUT2D eigenvalue weighted by atomic mass is 10.0. The quantitative estimate of drug-likeness (QED) is 0.169. The molecule has 2 aliphatic heterocycles. The second-order valence-electron chi connectivity index (χ2n) is 9.26. The molecule has 9 heteroatoms. The molecule has 3 aromatic carbocycles. The molecule has 2 atom stereocenters. The normalized spacial score (nSPS) is 18.8. The van der Waals surface area contributed by atoms with Crippen molar-refractivity contribution >= 4 is 56.8 Å². The number of hydrogen-bond acceptors (Lipinski definition) is 8. The average Bonchev–Trinajstić information content (AvgIpc) is 3.00. The van der Waals surface area contributed by atoms with Crippen LogP contribution in [0.15, 0.2) is 123 Å². The smallest absolute Gasteiger partial charge is 0.356 e. The predicted octanol–water partition coefficient (Wildman–Crippen LogP) is 5.70. The van der Waals surface area contributed by atoms with Gasteiger partial charge in [-0.2, -0.15) is 0 Å². The summed E-state index contributed by atoms with van der Waals surface area (Å²) in [5, 5.41) is 2.24. The number of esters is 1. The zero-order valence-electron chi connectivity index (χ0n) is 21.1. The Labute approximate surface area is 243 Å². The minimum Gasteiger partial charge on any atom is -0.448 e. The molecule has 3 heterocycles. The summed E-state index contributed by atoms with van der Waals surface area (Å²) in [7, 11) is 0. The SMILES string of the molecule is N[C@@H]1C(=O)N2C(C(=O)OC(c3ccccc3)c3ccccc3)=C(C=CSc3cc(=O)c4ccccc4s3)CS[C@H]12. The topological polar surface area (TPSA) is 89.7 Å². The van der Waals surface area contributed by atoms with E-state index in [0.717, 1.165) is 20.0 Å². The molecule has 1 amide bonds. The zero-order chi connectivity index (χ0) is 27.6. The number of carbonyl (C=O) groups excluding carboxylic acids is 2. The Bertz CT molecular complexity index is 1660. The van der Waals surface area contributed by atoms with Crippen LogP contribution in [-0.2, 0) is 14.3 Å². The fraction of sp³-hybridized carbons (Fsp3) is 0.129. The highest BCUT2D eigenvalue weighted by atomic mass is 32.2. The lowest BCUT2D eigenvalue weighted by Gasteiger charge is -2.48. The molecule has 200 valence electrons. The summed E-state index contributed by atoms with van der Waals surface area (Å²) in [5.41, 5.74) is 8.59. The standard InChI is InChI=1S/C31H24N2O4S3/c32-26-29(35)33-27(31(36)37-28(19-9-3-1-4-10-19)20-11-5-2-6-12-20)21(18-39-30(26)33)15-16-38-25-17-23(34)22-13-7-8-14-24(22)40-25/h1-17,26,28,30H,18,32H2/t26-,30-/m1/s1. The summed E-state index contributed by atoms with van der Waals surface area (Å²) >= 11 is 4.45. The van der Waals surface area contributed by atoms with Gasteiger partial charge in [-0.05, 0) is 40.3 Å². The lowest BCUT2D eigenvalue weighted by molar-refractivity contribution is -0.153. The molecule has 6 rings (SSSR count). The molecular weight excluding hydrogens is 561 g/mol. The molecule has 0 aliphatic carbocycles. The molecular formula is C31H24N2O4S3. The molecule has 1 fully saturated rings. The van der Waals surface area contributed by atoms with Crippen LogP contribution in [0.5, 0.6) is 0 Å². The number of benzene rings is 3. The summed E-state index contributed by atoms with van der Waals surface area (Å²) in [5.74, 6) is -0.381. The van der Waals surface area contributed by atoms with Crippen molar-refractivity contribution in [3.05, 3.63) is 135 Å². The highest BCUT2D eigenvalue weighted by molar-refractivity contribution is 8.04. The van der Waals surface area contributed by atoms with Crippen LogP contribution in [0.25, 0.3) is 10.1 Å². The van der Waals surface area contributed by atoms with Crippen LogP contribution in [0.2, 0.25) is 0 Å². The van der Waals surface area contributed by atoms with Gasteiger partial charge in [0.15, 0.2) is 11.5 Å². The minimum atomic E-state index is -0.651. The Morgan fingerprint density at radius 3 is 2.33 bits per heavy atom. The first-order valence-electron chi connectivity index (χ1n) is 12.6. The molecule has 1 aromatic heterocycles. The Balaban J connectivity index is 1.32. The molecule has 0 radical (unpaired) electrons. The number of ether oxygens (including phenoxy) is 1. The van der Waals surface area contributed by atoms with E-state index >= 15 is 0 Å². The van der Waals surface area contributed by atoms with E-state index in [4.69, 9.17) is 10.5 Å². The van der Waals surface area contributed by atoms with Gasteiger partial charge >= 0.3 is 5.97 Å². The third-order valence-corrected chi connectivity index (χ3v) is 10.1. The number of hydrogen-bond donors (Lipinski definition) is 1. The van der Waals surface area contributed by atoms with Crippen molar-refractivity contribution < 1.29 is 14.3 Å². The van der Waals surface area contributed by atoms with Crippen LogP contribution in [0, 0.1) is 0 Å². The van der Waals surface area contributed by atoms with E-state index in [1.807, 2.05) is 96.4 Å². The van der Waals surface area contributed by atoms with E-state index in [-0.39, 0.29) is 22.4 Å². The van der Waals surface area contributed by atoms with E-state index in [1.54, 1.807) is 6.07 Å². The van der Waals surface area contributed by atoms with Gasteiger partial charge in [-0.3, -0.25) is 14.5 Å². The van der Waals surface area contributed by atoms with E-state index in [2.05, 4.69) is 0 Å². The van der Waals surface area contributed by atoms with Gasteiger partial charge in [0.05, 0.1) is 4.21 Å². The van der Waals surface area contributed by atoms with Crippen molar-refractivity contribution in [3.63, 3.8) is 0 Å². The van der Waals surface area contributed by atoms with Gasteiger partial charge in [0, 0.05) is 21.9 Å². The molecule has 1 saturated heterocycles. The third-order valence-electron chi connectivity index (χ3n) is 6.73. The number of nitrogens with two attached hydrogens (primary N) is 1. The third kappa shape index (κ3) is 5.13. The molecule has 0 saturated carbocycles. The van der Waals surface area contributed by atoms with Crippen molar-refractivity contribution in [1.82, 2.24) is 4.90 Å². The van der Waals surface area contributed by atoms with E-state index in [9.17, 15) is 14.4 Å². The molecule has 4 aromatic rings. The minimum absolute atomic E-state index is 0.0298. The van der Waals surface area contributed by atoms with Gasteiger partial charge in [-0.25, -0.2) is 4.79 Å². The number of amides is 1. The Morgan fingerprint density at radius 2 is 1.62 bits per heavy atom. The first kappa shape index (κ1) is 26.6. The van der Waals surface area contributed by atoms with Crippen LogP contribution < -0.4 is 11.2 Å². The van der Waals surface area contributed by atoms with E-state index < -0.39 is 18.1 Å². The number of allylic oxidation sites excluding steroid dienone is 1. The lowest BCUT2D eigenvalue weighted by Crippen LogP contribution is -2.68. The highest BCUT2D eigenvalue weighted by Gasteiger charge is 2.52. The largest absolute Gasteiger partial charge is 0.448 e. The van der Waals surface area contributed by atoms with Gasteiger partial charge in [0.1, 0.15) is 17.1 Å². The van der Waals surface area contributed by atoms with E-state index in [0.29, 0.717) is 16.7 Å². The number of carbonyl (C=O) groups is 2. The van der Waals surface area contributed by atoms with Crippen LogP contribution in [0.1, 0.15) is 17.2 Å². The highest BCUT2D eigenvalue weighted by Crippen LogP contribution is 2.41. The number of nitrogens with zero attached hydrogens (tertiary/aromatic N) is 1. The number of thioether (sulfide) groups is 2. The van der Waals surface area contributed by atoms with Crippen LogP contribution >= 0.6 is 34.9 Å². The second-order valence-corrected chi connectivity index (χ2v) is 12.7. The second kappa shape index (κ2) is 11.5. The van der Waals surface area contributed by atoms with Crippen LogP contribution in [0.4, 0.5) is 0 Å². The van der Waals surface area contributed by atoms with Gasteiger partial charge in [0.25, 0.3) is 0 Å². The molecule has 0 bridgehead atoms. The summed E-state index contributed by atoms with van der Waals surface area (Å²) in [6.45, 7) is 0. The molecule has 40 heavy (non-hydrogen) atoms. The molecule has 0 spiro atoms. The summed E-state index contributed by atoms with van der Waals surface area (Å²) in [6, 6.07) is 27.6. The Morgan fingerprint density at radius 1 is 0.975 bits per heavy atom. The van der Waals surface area contributed by atoms with Gasteiger partial charge in [-0.15, -0.1) is 23.1 Å². The monoisotopic (exact) mass is 584 g/mol. The summed E-state index contributed by atoms with van der Waals surface area (Å²) in [4.78, 5) is 40.7. The maximum absolute atomic E-state index is 13.8. The molecule has 2 aliphatic rings. The molecule has 0 unspecified atom stereocenters. The van der Waals surface area contributed by atoms with Crippen molar-refractivity contribution in [1.29, 1.82) is 0 Å². The maximum Gasteiger partial charge on any atom is 0.356 e. The van der Waals surface area contributed by atoms with Crippen molar-refractivity contribution in [2.75, 3.05) is 5.75 Å². The van der Waals surface area contributed by atoms with Crippen LogP contribution in [0.3, 0.4) is 0 Å². The number of β-lactam (4-membered cyclic amide) rings is 1. The fourth-order valence-electron chi connectivity index (χ4n) is 4.73.